The smallest absolute Gasteiger partial charge is 0.217 e. The standard InChI is InChI=1S/C15H25BrN4O.C8H14N2/c1-4-13(11-20-8-6-19(3)7-9-20)15(18-5-2)21-12-14(16)10-17;1-2-3-6-10(9)7-8-4-5-8/h4-5,10H,2,6-9,11-12,17H2,1,3H3;2-3,6,8H,1,4-5,7,9H2/b13-4-,14-10-,18-15?;6-3+. The molecule has 0 spiro atoms. The molecule has 0 aromatic carbocycles. The highest BCUT2D eigenvalue weighted by Crippen LogP contribution is 2.28. The molecule has 31 heavy (non-hydrogen) atoms. The minimum Gasteiger partial charge on any atom is -0.472 e. The summed E-state index contributed by atoms with van der Waals surface area (Å²) in [5.41, 5.74) is 6.49. The Morgan fingerprint density at radius 2 is 1.94 bits per heavy atom. The first-order valence-corrected chi connectivity index (χ1v) is 11.5. The van der Waals surface area contributed by atoms with Gasteiger partial charge in [0.1, 0.15) is 6.61 Å². The van der Waals surface area contributed by atoms with Crippen molar-refractivity contribution in [1.82, 2.24) is 14.8 Å². The fraction of sp³-hybridized carbons (Fsp3) is 0.522. The molecule has 0 atom stereocenters. The first kappa shape index (κ1) is 27.2. The molecule has 1 saturated heterocycles. The van der Waals surface area contributed by atoms with Gasteiger partial charge in [-0.25, -0.2) is 10.8 Å². The molecule has 0 bridgehead atoms. The molecule has 0 amide bonds. The molecule has 1 aliphatic carbocycles. The topological polar surface area (TPSA) is 83.3 Å². The SMILES string of the molecule is C=C/C=C/N(N)CC1CC1.C=CN=C(OC/C(Br)=C/N)/C(=C\C)CN1CCN(C)CC1. The molecule has 8 heteroatoms. The van der Waals surface area contributed by atoms with Crippen molar-refractivity contribution < 1.29 is 4.74 Å². The van der Waals surface area contributed by atoms with Crippen LogP contribution in [0.15, 0.2) is 65.0 Å². The molecule has 1 saturated carbocycles. The summed E-state index contributed by atoms with van der Waals surface area (Å²) in [7, 11) is 2.15. The number of nitrogens with zero attached hydrogens (tertiary/aromatic N) is 4. The third-order valence-electron chi connectivity index (χ3n) is 4.93. The molecule has 7 nitrogen and oxygen atoms in total. The van der Waals surface area contributed by atoms with E-state index in [4.69, 9.17) is 16.3 Å². The van der Waals surface area contributed by atoms with Crippen molar-refractivity contribution in [2.45, 2.75) is 19.8 Å². The van der Waals surface area contributed by atoms with E-state index >= 15 is 0 Å². The van der Waals surface area contributed by atoms with Crippen LogP contribution >= 0.6 is 15.9 Å². The fourth-order valence-corrected chi connectivity index (χ4v) is 2.96. The Kier molecular flexibility index (Phi) is 13.9. The number of ether oxygens (including phenoxy) is 1. The summed E-state index contributed by atoms with van der Waals surface area (Å²) < 4.78 is 6.52. The number of hydrazine groups is 1. The molecule has 1 heterocycles. The number of allylic oxidation sites excluding steroid dienone is 3. The number of nitrogens with two attached hydrogens (primary N) is 2. The van der Waals surface area contributed by atoms with E-state index in [-0.39, 0.29) is 0 Å². The van der Waals surface area contributed by atoms with Gasteiger partial charge in [0, 0.05) is 67.9 Å². The second kappa shape index (κ2) is 15.9. The van der Waals surface area contributed by atoms with Crippen molar-refractivity contribution >= 4 is 21.8 Å². The van der Waals surface area contributed by atoms with E-state index in [1.54, 1.807) is 11.1 Å². The van der Waals surface area contributed by atoms with Crippen molar-refractivity contribution in [1.29, 1.82) is 0 Å². The van der Waals surface area contributed by atoms with Gasteiger partial charge in [0.2, 0.25) is 5.90 Å². The van der Waals surface area contributed by atoms with Crippen molar-refractivity contribution in [3.8, 4) is 0 Å². The van der Waals surface area contributed by atoms with E-state index in [0.717, 1.165) is 55.2 Å². The number of rotatable bonds is 10. The Labute approximate surface area is 196 Å². The first-order valence-electron chi connectivity index (χ1n) is 10.7. The first-order chi connectivity index (χ1) is 14.9. The lowest BCUT2D eigenvalue weighted by Gasteiger charge is -2.32. The highest BCUT2D eigenvalue weighted by molar-refractivity contribution is 9.11. The van der Waals surface area contributed by atoms with Crippen molar-refractivity contribution in [2.24, 2.45) is 22.5 Å². The zero-order chi connectivity index (χ0) is 23.1. The number of aliphatic imine (C=N–C) groups is 1. The molecule has 2 rings (SSSR count). The summed E-state index contributed by atoms with van der Waals surface area (Å²) in [5.74, 6) is 7.05. The van der Waals surface area contributed by atoms with Crippen LogP contribution in [-0.4, -0.2) is 73.6 Å². The van der Waals surface area contributed by atoms with Crippen molar-refractivity contribution in [3.63, 3.8) is 0 Å². The number of hydrogen-bond acceptors (Lipinski definition) is 7. The molecule has 1 aliphatic heterocycles. The van der Waals surface area contributed by atoms with E-state index < -0.39 is 0 Å². The normalized spacial score (nSPS) is 19.0. The third kappa shape index (κ3) is 12.5. The molecule has 0 aromatic heterocycles. The summed E-state index contributed by atoms with van der Waals surface area (Å²) >= 11 is 3.33. The second-order valence-electron chi connectivity index (χ2n) is 7.63. The summed E-state index contributed by atoms with van der Waals surface area (Å²) in [6.07, 6.45) is 13.1. The second-order valence-corrected chi connectivity index (χ2v) is 8.65. The summed E-state index contributed by atoms with van der Waals surface area (Å²) in [5, 5.41) is 1.72. The fourth-order valence-electron chi connectivity index (χ4n) is 2.84. The maximum atomic E-state index is 5.73. The zero-order valence-corrected chi connectivity index (χ0v) is 20.6. The van der Waals surface area contributed by atoms with Gasteiger partial charge in [0.05, 0.1) is 0 Å². The molecule has 0 unspecified atom stereocenters. The van der Waals surface area contributed by atoms with Crippen LogP contribution in [0.1, 0.15) is 19.8 Å². The van der Waals surface area contributed by atoms with Crippen LogP contribution in [-0.2, 0) is 4.74 Å². The van der Waals surface area contributed by atoms with Gasteiger partial charge >= 0.3 is 0 Å². The number of halogens is 1. The van der Waals surface area contributed by atoms with Gasteiger partial charge in [-0.05, 0) is 38.8 Å². The molecule has 2 fully saturated rings. The van der Waals surface area contributed by atoms with Crippen LogP contribution < -0.4 is 11.6 Å². The molecular formula is C23H39BrN6O. The Morgan fingerprint density at radius 1 is 1.26 bits per heavy atom. The Balaban J connectivity index is 0.000000399. The lowest BCUT2D eigenvalue weighted by Crippen LogP contribution is -2.45. The average molecular weight is 496 g/mol. The van der Waals surface area contributed by atoms with Gasteiger partial charge in [-0.3, -0.25) is 4.90 Å². The molecule has 4 N–H and O–H groups in total. The predicted molar refractivity (Wildman–Crippen MR) is 135 cm³/mol. The molecular weight excluding hydrogens is 456 g/mol. The summed E-state index contributed by atoms with van der Waals surface area (Å²) in [4.78, 5) is 8.99. The quantitative estimate of drug-likeness (QED) is 0.159. The van der Waals surface area contributed by atoms with Crippen LogP contribution in [0, 0.1) is 5.92 Å². The lowest BCUT2D eigenvalue weighted by atomic mass is 10.2. The minimum atomic E-state index is 0.364. The summed E-state index contributed by atoms with van der Waals surface area (Å²) in [6, 6.07) is 0. The van der Waals surface area contributed by atoms with Gasteiger partial charge in [-0.15, -0.1) is 0 Å². The largest absolute Gasteiger partial charge is 0.472 e. The molecule has 174 valence electrons. The molecule has 2 aliphatic rings. The lowest BCUT2D eigenvalue weighted by molar-refractivity contribution is 0.164. The zero-order valence-electron chi connectivity index (χ0n) is 19.0. The predicted octanol–water partition coefficient (Wildman–Crippen LogP) is 3.21. The van der Waals surface area contributed by atoms with Gasteiger partial charge < -0.3 is 20.4 Å². The number of likely N-dealkylation sites (N-methyl/N-ethyl adjacent to an activating group) is 1. The van der Waals surface area contributed by atoms with E-state index in [2.05, 4.69) is 50.9 Å². The van der Waals surface area contributed by atoms with Crippen LogP contribution in [0.3, 0.4) is 0 Å². The molecule has 0 radical (unpaired) electrons. The van der Waals surface area contributed by atoms with Gasteiger partial charge in [-0.1, -0.05) is 41.2 Å². The van der Waals surface area contributed by atoms with Crippen LogP contribution in [0.25, 0.3) is 0 Å². The van der Waals surface area contributed by atoms with Gasteiger partial charge in [0.15, 0.2) is 0 Å². The maximum absolute atomic E-state index is 5.73. The van der Waals surface area contributed by atoms with Crippen LogP contribution in [0.4, 0.5) is 0 Å². The summed E-state index contributed by atoms with van der Waals surface area (Å²) in [6.45, 7) is 15.7. The monoisotopic (exact) mass is 494 g/mol. The Bertz CT molecular complexity index is 661. The van der Waals surface area contributed by atoms with Crippen LogP contribution in [0.2, 0.25) is 0 Å². The number of hydrogen-bond donors (Lipinski definition) is 2. The third-order valence-corrected chi connectivity index (χ3v) is 5.42. The van der Waals surface area contributed by atoms with Crippen molar-refractivity contribution in [3.05, 3.63) is 60.0 Å². The van der Waals surface area contributed by atoms with E-state index in [1.807, 2.05) is 25.3 Å². The number of piperazine rings is 1. The highest BCUT2D eigenvalue weighted by atomic mass is 79.9. The highest BCUT2D eigenvalue weighted by Gasteiger charge is 2.22. The average Bonchev–Trinajstić information content (AvgIpc) is 3.59. The van der Waals surface area contributed by atoms with Gasteiger partial charge in [-0.2, -0.15) is 0 Å². The Hall–Kier alpha value is -1.87. The van der Waals surface area contributed by atoms with Crippen molar-refractivity contribution in [2.75, 3.05) is 52.9 Å². The maximum Gasteiger partial charge on any atom is 0.217 e. The van der Waals surface area contributed by atoms with Gasteiger partial charge in [0.25, 0.3) is 0 Å². The Morgan fingerprint density at radius 3 is 2.45 bits per heavy atom. The molecule has 0 aromatic rings. The van der Waals surface area contributed by atoms with E-state index in [0.29, 0.717) is 12.5 Å². The minimum absolute atomic E-state index is 0.364. The van der Waals surface area contributed by atoms with E-state index in [1.165, 1.54) is 25.2 Å². The van der Waals surface area contributed by atoms with Crippen LogP contribution in [0.5, 0.6) is 0 Å². The van der Waals surface area contributed by atoms with E-state index in [9.17, 15) is 0 Å².